The molecule has 0 aliphatic heterocycles. The van der Waals surface area contributed by atoms with E-state index < -0.39 is 15.9 Å². The molecule has 0 heterocycles. The second kappa shape index (κ2) is 8.89. The first kappa shape index (κ1) is 20.6. The number of rotatable bonds is 7. The van der Waals surface area contributed by atoms with E-state index in [0.29, 0.717) is 17.2 Å². The molecule has 0 spiro atoms. The van der Waals surface area contributed by atoms with Crippen LogP contribution in [-0.2, 0) is 14.8 Å². The quantitative estimate of drug-likeness (QED) is 0.638. The average Bonchev–Trinajstić information content (AvgIpc) is 2.70. The summed E-state index contributed by atoms with van der Waals surface area (Å²) in [4.78, 5) is 12.4. The molecule has 6 nitrogen and oxygen atoms in total. The van der Waals surface area contributed by atoms with Crippen LogP contribution in [0.5, 0.6) is 11.5 Å². The number of aryl methyl sites for hydroxylation is 1. The number of para-hydroxylation sites is 1. The van der Waals surface area contributed by atoms with Gasteiger partial charge >= 0.3 is 0 Å². The maximum Gasteiger partial charge on any atom is 0.243 e. The Labute approximate surface area is 170 Å². The molecule has 0 saturated heterocycles. The third-order valence-electron chi connectivity index (χ3n) is 4.21. The van der Waals surface area contributed by atoms with Crippen molar-refractivity contribution in [2.75, 3.05) is 18.9 Å². The van der Waals surface area contributed by atoms with Gasteiger partial charge < -0.3 is 10.1 Å². The molecule has 150 valence electrons. The van der Waals surface area contributed by atoms with Crippen LogP contribution in [0.3, 0.4) is 0 Å². The van der Waals surface area contributed by atoms with Gasteiger partial charge in [0.05, 0.1) is 11.4 Å². The van der Waals surface area contributed by atoms with Crippen LogP contribution in [0.15, 0.2) is 83.8 Å². The predicted molar refractivity (Wildman–Crippen MR) is 113 cm³/mol. The molecule has 7 heteroatoms. The van der Waals surface area contributed by atoms with Crippen molar-refractivity contribution in [2.24, 2.45) is 0 Å². The molecule has 0 saturated carbocycles. The smallest absolute Gasteiger partial charge is 0.243 e. The Morgan fingerprint density at radius 2 is 1.48 bits per heavy atom. The van der Waals surface area contributed by atoms with Gasteiger partial charge in [-0.25, -0.2) is 8.42 Å². The summed E-state index contributed by atoms with van der Waals surface area (Å²) >= 11 is 0. The Kier molecular flexibility index (Phi) is 6.31. The van der Waals surface area contributed by atoms with Crippen molar-refractivity contribution < 1.29 is 17.9 Å². The van der Waals surface area contributed by atoms with Crippen molar-refractivity contribution in [1.82, 2.24) is 4.31 Å². The van der Waals surface area contributed by atoms with E-state index in [1.165, 1.54) is 19.2 Å². The number of carbonyl (C=O) groups is 1. The molecule has 0 unspecified atom stereocenters. The van der Waals surface area contributed by atoms with Crippen LogP contribution in [0.4, 0.5) is 5.69 Å². The normalized spacial score (nSPS) is 11.3. The first-order valence-corrected chi connectivity index (χ1v) is 10.4. The second-order valence-corrected chi connectivity index (χ2v) is 8.61. The van der Waals surface area contributed by atoms with Gasteiger partial charge in [0.1, 0.15) is 11.5 Å². The predicted octanol–water partition coefficient (Wildman–Crippen LogP) is 4.05. The number of likely N-dealkylation sites (N-methyl/N-ethyl adjacent to an activating group) is 1. The molecule has 0 atom stereocenters. The fraction of sp³-hybridized carbons (Fsp3) is 0.136. The van der Waals surface area contributed by atoms with E-state index in [0.717, 1.165) is 9.87 Å². The number of anilines is 1. The maximum atomic E-state index is 12.6. The number of hydrogen-bond acceptors (Lipinski definition) is 4. The third-order valence-corrected chi connectivity index (χ3v) is 6.03. The molecule has 1 amide bonds. The lowest BCUT2D eigenvalue weighted by Gasteiger charge is -2.17. The molecular weight excluding hydrogens is 388 g/mol. The summed E-state index contributed by atoms with van der Waals surface area (Å²) in [6.45, 7) is 1.59. The highest BCUT2D eigenvalue weighted by Gasteiger charge is 2.22. The Balaban J connectivity index is 1.59. The van der Waals surface area contributed by atoms with Gasteiger partial charge in [-0.1, -0.05) is 35.9 Å². The molecule has 0 fully saturated rings. The lowest BCUT2D eigenvalue weighted by atomic mass is 10.2. The lowest BCUT2D eigenvalue weighted by Crippen LogP contribution is -2.34. The van der Waals surface area contributed by atoms with Crippen molar-refractivity contribution in [1.29, 1.82) is 0 Å². The van der Waals surface area contributed by atoms with Gasteiger partial charge in [0.15, 0.2) is 0 Å². The van der Waals surface area contributed by atoms with Gasteiger partial charge in [0.25, 0.3) is 0 Å². The van der Waals surface area contributed by atoms with Crippen LogP contribution in [-0.4, -0.2) is 32.2 Å². The molecular formula is C22H22N2O4S. The summed E-state index contributed by atoms with van der Waals surface area (Å²) in [6.07, 6.45) is 0. The molecule has 3 aromatic carbocycles. The van der Waals surface area contributed by atoms with Crippen molar-refractivity contribution >= 4 is 21.6 Å². The fourth-order valence-electron chi connectivity index (χ4n) is 2.61. The summed E-state index contributed by atoms with van der Waals surface area (Å²) < 4.78 is 31.9. The fourth-order valence-corrected chi connectivity index (χ4v) is 3.74. The van der Waals surface area contributed by atoms with Crippen molar-refractivity contribution in [3.63, 3.8) is 0 Å². The summed E-state index contributed by atoms with van der Waals surface area (Å²) in [5.41, 5.74) is 1.51. The number of sulfonamides is 1. The summed E-state index contributed by atoms with van der Waals surface area (Å²) in [6, 6.07) is 22.7. The third kappa shape index (κ3) is 5.43. The van der Waals surface area contributed by atoms with E-state index in [2.05, 4.69) is 5.32 Å². The van der Waals surface area contributed by atoms with E-state index in [9.17, 15) is 13.2 Å². The Hall–Kier alpha value is -3.16. The first-order valence-electron chi connectivity index (χ1n) is 9.00. The van der Waals surface area contributed by atoms with Crippen LogP contribution < -0.4 is 10.1 Å². The monoisotopic (exact) mass is 410 g/mol. The molecule has 0 bridgehead atoms. The Morgan fingerprint density at radius 1 is 0.897 bits per heavy atom. The summed E-state index contributed by atoms with van der Waals surface area (Å²) in [5, 5.41) is 2.70. The number of hydrogen-bond donors (Lipinski definition) is 1. The summed E-state index contributed by atoms with van der Waals surface area (Å²) in [5.74, 6) is 0.917. The summed E-state index contributed by atoms with van der Waals surface area (Å²) in [7, 11) is -2.35. The van der Waals surface area contributed by atoms with Crippen molar-refractivity contribution in [2.45, 2.75) is 11.8 Å². The van der Waals surface area contributed by atoms with Gasteiger partial charge in [-0.3, -0.25) is 4.79 Å². The number of nitrogens with zero attached hydrogens (tertiary/aromatic N) is 1. The highest BCUT2D eigenvalue weighted by Crippen LogP contribution is 2.22. The first-order chi connectivity index (χ1) is 13.8. The average molecular weight is 410 g/mol. The van der Waals surface area contributed by atoms with E-state index >= 15 is 0 Å². The van der Waals surface area contributed by atoms with Crippen molar-refractivity contribution in [3.8, 4) is 11.5 Å². The zero-order valence-corrected chi connectivity index (χ0v) is 17.0. The standard InChI is InChI=1S/C22H22N2O4S/c1-17-8-14-21(15-9-17)29(26,27)24(2)16-22(25)23-18-10-12-20(13-11-18)28-19-6-4-3-5-7-19/h3-15H,16H2,1-2H3,(H,23,25). The van der Waals surface area contributed by atoms with Gasteiger partial charge in [0.2, 0.25) is 15.9 Å². The minimum atomic E-state index is -3.73. The molecule has 0 radical (unpaired) electrons. The van der Waals surface area contributed by atoms with Crippen LogP contribution in [0.1, 0.15) is 5.56 Å². The van der Waals surface area contributed by atoms with E-state index in [4.69, 9.17) is 4.74 Å². The molecule has 0 aliphatic carbocycles. The minimum absolute atomic E-state index is 0.154. The number of nitrogens with one attached hydrogen (secondary N) is 1. The molecule has 3 rings (SSSR count). The molecule has 3 aromatic rings. The minimum Gasteiger partial charge on any atom is -0.457 e. The van der Waals surface area contributed by atoms with E-state index in [1.807, 2.05) is 37.3 Å². The van der Waals surface area contributed by atoms with Crippen LogP contribution in [0.2, 0.25) is 0 Å². The lowest BCUT2D eigenvalue weighted by molar-refractivity contribution is -0.116. The number of amides is 1. The highest BCUT2D eigenvalue weighted by molar-refractivity contribution is 7.89. The van der Waals surface area contributed by atoms with Crippen LogP contribution >= 0.6 is 0 Å². The zero-order chi connectivity index (χ0) is 20.9. The highest BCUT2D eigenvalue weighted by atomic mass is 32.2. The molecule has 0 aliphatic rings. The van der Waals surface area contributed by atoms with Crippen molar-refractivity contribution in [3.05, 3.63) is 84.4 Å². The van der Waals surface area contributed by atoms with Crippen LogP contribution in [0.25, 0.3) is 0 Å². The van der Waals surface area contributed by atoms with Gasteiger partial charge in [0, 0.05) is 12.7 Å². The van der Waals surface area contributed by atoms with Crippen LogP contribution in [0, 0.1) is 6.92 Å². The molecule has 29 heavy (non-hydrogen) atoms. The van der Waals surface area contributed by atoms with Gasteiger partial charge in [-0.15, -0.1) is 0 Å². The molecule has 1 N–H and O–H groups in total. The van der Waals surface area contributed by atoms with E-state index in [-0.39, 0.29) is 11.4 Å². The number of ether oxygens (including phenoxy) is 1. The van der Waals surface area contributed by atoms with Gasteiger partial charge in [-0.05, 0) is 55.5 Å². The largest absolute Gasteiger partial charge is 0.457 e. The second-order valence-electron chi connectivity index (χ2n) is 6.56. The number of carbonyl (C=O) groups excluding carboxylic acids is 1. The topological polar surface area (TPSA) is 75.7 Å². The van der Waals surface area contributed by atoms with E-state index in [1.54, 1.807) is 36.4 Å². The molecule has 0 aromatic heterocycles. The Bertz CT molecular complexity index is 1060. The Morgan fingerprint density at radius 3 is 2.10 bits per heavy atom. The van der Waals surface area contributed by atoms with Gasteiger partial charge in [-0.2, -0.15) is 4.31 Å². The maximum absolute atomic E-state index is 12.6. The number of benzene rings is 3. The SMILES string of the molecule is Cc1ccc(S(=O)(=O)N(C)CC(=O)Nc2ccc(Oc3ccccc3)cc2)cc1. The zero-order valence-electron chi connectivity index (χ0n) is 16.2.